The van der Waals surface area contributed by atoms with E-state index in [1.807, 2.05) is 6.92 Å². The molecule has 1 aromatic heterocycles. The van der Waals surface area contributed by atoms with Gasteiger partial charge in [0.1, 0.15) is 17.6 Å². The van der Waals surface area contributed by atoms with Gasteiger partial charge in [-0.15, -0.1) is 0 Å². The van der Waals surface area contributed by atoms with E-state index in [-0.39, 0.29) is 22.6 Å². The third-order valence-electron chi connectivity index (χ3n) is 3.69. The molecular formula is C12H15N3O4. The summed E-state index contributed by atoms with van der Waals surface area (Å²) in [7, 11) is 0. The maximum atomic E-state index is 11.2. The predicted molar refractivity (Wildman–Crippen MR) is 68.3 cm³/mol. The second-order valence-electron chi connectivity index (χ2n) is 4.76. The molecule has 0 amide bonds. The second-order valence-corrected chi connectivity index (χ2v) is 4.76. The zero-order chi connectivity index (χ0) is 14.0. The van der Waals surface area contributed by atoms with Crippen molar-refractivity contribution in [3.05, 3.63) is 27.9 Å². The summed E-state index contributed by atoms with van der Waals surface area (Å²) in [6, 6.07) is 1.04. The van der Waals surface area contributed by atoms with Crippen LogP contribution in [0.4, 0.5) is 11.5 Å². The van der Waals surface area contributed by atoms with Gasteiger partial charge in [-0.2, -0.15) is 0 Å². The van der Waals surface area contributed by atoms with E-state index in [1.165, 1.54) is 0 Å². The number of carbonyl (C=O) groups is 1. The Kier molecular flexibility index (Phi) is 3.37. The van der Waals surface area contributed by atoms with Gasteiger partial charge in [-0.3, -0.25) is 10.1 Å². The van der Waals surface area contributed by atoms with Crippen LogP contribution in [0.15, 0.2) is 12.3 Å². The number of hydrogen-bond donors (Lipinski definition) is 2. The van der Waals surface area contributed by atoms with E-state index in [1.54, 1.807) is 0 Å². The van der Waals surface area contributed by atoms with Gasteiger partial charge >= 0.3 is 5.97 Å². The summed E-state index contributed by atoms with van der Waals surface area (Å²) in [5, 5.41) is 22.9. The number of carboxylic acids is 1. The number of carboxylic acid groups (broad SMARTS) is 1. The van der Waals surface area contributed by atoms with Crippen LogP contribution in [-0.4, -0.2) is 26.5 Å². The Balaban J connectivity index is 2.34. The van der Waals surface area contributed by atoms with Crippen LogP contribution < -0.4 is 5.32 Å². The van der Waals surface area contributed by atoms with Crippen LogP contribution in [0.2, 0.25) is 0 Å². The second kappa shape index (κ2) is 4.83. The highest BCUT2D eigenvalue weighted by molar-refractivity contribution is 5.94. The molecule has 1 saturated carbocycles. The Hall–Kier alpha value is -2.18. The van der Waals surface area contributed by atoms with E-state index >= 15 is 0 Å². The summed E-state index contributed by atoms with van der Waals surface area (Å²) in [4.78, 5) is 25.1. The third kappa shape index (κ3) is 2.49. The lowest BCUT2D eigenvalue weighted by molar-refractivity contribution is -0.385. The Morgan fingerprint density at radius 3 is 2.74 bits per heavy atom. The smallest absolute Gasteiger partial charge is 0.339 e. The number of aromatic nitrogens is 1. The highest BCUT2D eigenvalue weighted by Crippen LogP contribution is 2.38. The zero-order valence-electron chi connectivity index (χ0n) is 10.5. The van der Waals surface area contributed by atoms with Gasteiger partial charge in [0.25, 0.3) is 5.69 Å². The number of pyridine rings is 1. The van der Waals surface area contributed by atoms with E-state index in [2.05, 4.69) is 10.3 Å². The summed E-state index contributed by atoms with van der Waals surface area (Å²) in [5.41, 5.74) is -0.594. The number of nitrogens with one attached hydrogen (secondary N) is 1. The molecule has 1 aliphatic carbocycles. The van der Waals surface area contributed by atoms with Crippen molar-refractivity contribution in [3.63, 3.8) is 0 Å². The van der Waals surface area contributed by atoms with Gasteiger partial charge in [0, 0.05) is 11.6 Å². The van der Waals surface area contributed by atoms with E-state index in [9.17, 15) is 14.9 Å². The molecule has 0 radical (unpaired) electrons. The number of aromatic carboxylic acids is 1. The molecule has 0 atom stereocenters. The minimum absolute atomic E-state index is 0.118. The van der Waals surface area contributed by atoms with Crippen molar-refractivity contribution in [1.82, 2.24) is 4.98 Å². The summed E-state index contributed by atoms with van der Waals surface area (Å²) < 4.78 is 0. The predicted octanol–water partition coefficient (Wildman–Crippen LogP) is 2.43. The van der Waals surface area contributed by atoms with Crippen LogP contribution in [0.3, 0.4) is 0 Å². The van der Waals surface area contributed by atoms with Gasteiger partial charge in [0.05, 0.1) is 4.92 Å². The first-order valence-electron chi connectivity index (χ1n) is 6.13. The SMILES string of the molecule is CCC1(Nc2ncc([N+](=O)[O-])cc2C(=O)O)CCC1. The highest BCUT2D eigenvalue weighted by Gasteiger charge is 2.36. The van der Waals surface area contributed by atoms with Crippen LogP contribution in [0.1, 0.15) is 43.0 Å². The molecule has 1 heterocycles. The molecule has 0 spiro atoms. The molecule has 0 saturated heterocycles. The molecular weight excluding hydrogens is 250 g/mol. The fourth-order valence-electron chi connectivity index (χ4n) is 2.24. The third-order valence-corrected chi connectivity index (χ3v) is 3.69. The Morgan fingerprint density at radius 1 is 1.63 bits per heavy atom. The zero-order valence-corrected chi connectivity index (χ0v) is 10.5. The topological polar surface area (TPSA) is 105 Å². The Labute approximate surface area is 109 Å². The summed E-state index contributed by atoms with van der Waals surface area (Å²) in [6.07, 6.45) is 4.96. The molecule has 19 heavy (non-hydrogen) atoms. The maximum Gasteiger partial charge on any atom is 0.339 e. The minimum atomic E-state index is -1.22. The van der Waals surface area contributed by atoms with Gasteiger partial charge in [-0.25, -0.2) is 9.78 Å². The normalized spacial score (nSPS) is 16.5. The molecule has 1 aliphatic rings. The van der Waals surface area contributed by atoms with Crippen LogP contribution in [0.25, 0.3) is 0 Å². The Bertz CT molecular complexity index is 520. The number of hydrogen-bond acceptors (Lipinski definition) is 5. The van der Waals surface area contributed by atoms with Crippen molar-refractivity contribution in [1.29, 1.82) is 0 Å². The van der Waals surface area contributed by atoms with Crippen molar-refractivity contribution in [2.75, 3.05) is 5.32 Å². The number of nitrogens with zero attached hydrogens (tertiary/aromatic N) is 2. The van der Waals surface area contributed by atoms with Gasteiger partial charge in [-0.1, -0.05) is 6.92 Å². The van der Waals surface area contributed by atoms with E-state index in [4.69, 9.17) is 5.11 Å². The molecule has 0 unspecified atom stereocenters. The molecule has 0 bridgehead atoms. The van der Waals surface area contributed by atoms with E-state index < -0.39 is 10.9 Å². The maximum absolute atomic E-state index is 11.2. The molecule has 1 fully saturated rings. The van der Waals surface area contributed by atoms with Crippen molar-refractivity contribution < 1.29 is 14.8 Å². The first-order valence-corrected chi connectivity index (χ1v) is 6.13. The molecule has 0 aromatic carbocycles. The molecule has 0 aliphatic heterocycles. The van der Waals surface area contributed by atoms with Crippen molar-refractivity contribution in [2.24, 2.45) is 0 Å². The number of anilines is 1. The average Bonchev–Trinajstić information content (AvgIpc) is 2.33. The van der Waals surface area contributed by atoms with Gasteiger partial charge < -0.3 is 10.4 Å². The van der Waals surface area contributed by atoms with E-state index in [0.29, 0.717) is 0 Å². The lowest BCUT2D eigenvalue weighted by Gasteiger charge is -2.42. The summed E-state index contributed by atoms with van der Waals surface area (Å²) >= 11 is 0. The van der Waals surface area contributed by atoms with Gasteiger partial charge in [-0.05, 0) is 25.7 Å². The van der Waals surface area contributed by atoms with Gasteiger partial charge in [0.15, 0.2) is 0 Å². The van der Waals surface area contributed by atoms with Crippen molar-refractivity contribution >= 4 is 17.5 Å². The largest absolute Gasteiger partial charge is 0.478 e. The van der Waals surface area contributed by atoms with Gasteiger partial charge in [0.2, 0.25) is 0 Å². The van der Waals surface area contributed by atoms with Crippen LogP contribution >= 0.6 is 0 Å². The van der Waals surface area contributed by atoms with Crippen LogP contribution in [-0.2, 0) is 0 Å². The van der Waals surface area contributed by atoms with Crippen molar-refractivity contribution in [2.45, 2.75) is 38.1 Å². The lowest BCUT2D eigenvalue weighted by atomic mass is 9.75. The quantitative estimate of drug-likeness (QED) is 0.625. The molecule has 1 aromatic rings. The standard InChI is InChI=1S/C12H15N3O4/c1-2-12(4-3-5-12)14-10-9(11(16)17)6-8(7-13-10)15(18)19/h6-7H,2-5H2,1H3,(H,13,14)(H,16,17). The molecule has 102 valence electrons. The molecule has 2 N–H and O–H groups in total. The highest BCUT2D eigenvalue weighted by atomic mass is 16.6. The number of nitro groups is 1. The number of rotatable bonds is 5. The molecule has 7 nitrogen and oxygen atoms in total. The molecule has 7 heteroatoms. The van der Waals surface area contributed by atoms with Crippen LogP contribution in [0, 0.1) is 10.1 Å². The van der Waals surface area contributed by atoms with Crippen LogP contribution in [0.5, 0.6) is 0 Å². The first kappa shape index (κ1) is 13.3. The average molecular weight is 265 g/mol. The van der Waals surface area contributed by atoms with E-state index in [0.717, 1.165) is 37.9 Å². The summed E-state index contributed by atoms with van der Waals surface area (Å²) in [6.45, 7) is 2.03. The summed E-state index contributed by atoms with van der Waals surface area (Å²) in [5.74, 6) is -1.01. The Morgan fingerprint density at radius 2 is 2.32 bits per heavy atom. The lowest BCUT2D eigenvalue weighted by Crippen LogP contribution is -2.44. The minimum Gasteiger partial charge on any atom is -0.478 e. The molecule has 2 rings (SSSR count). The monoisotopic (exact) mass is 265 g/mol. The fourth-order valence-corrected chi connectivity index (χ4v) is 2.24. The first-order chi connectivity index (χ1) is 8.97. The van der Waals surface area contributed by atoms with Crippen molar-refractivity contribution in [3.8, 4) is 0 Å². The fraction of sp³-hybridized carbons (Fsp3) is 0.500.